The highest BCUT2D eigenvalue weighted by Crippen LogP contribution is 2.27. The lowest BCUT2D eigenvalue weighted by atomic mass is 10.2. The molecule has 2 N–H and O–H groups in total. The Labute approximate surface area is 211 Å². The van der Waals surface area contributed by atoms with Gasteiger partial charge in [0.1, 0.15) is 16.6 Å². The minimum atomic E-state index is -0.357. The number of hydrogen-bond acceptors (Lipinski definition) is 10. The maximum Gasteiger partial charge on any atom is 0.290 e. The molecule has 4 amide bonds. The van der Waals surface area contributed by atoms with Crippen LogP contribution >= 0.6 is 23.5 Å². The van der Waals surface area contributed by atoms with Crippen molar-refractivity contribution in [2.75, 3.05) is 0 Å². The summed E-state index contributed by atoms with van der Waals surface area (Å²) in [5, 5.41) is 20.0. The van der Waals surface area contributed by atoms with E-state index in [2.05, 4.69) is 31.1 Å². The number of hydrogen-bond donors (Lipinski definition) is 2. The third-order valence-electron chi connectivity index (χ3n) is 5.02. The molecule has 0 saturated carbocycles. The fourth-order valence-electron chi connectivity index (χ4n) is 3.41. The van der Waals surface area contributed by atoms with E-state index in [1.54, 1.807) is 30.9 Å². The number of carbonyl (C=O) groups excluding carboxylic acids is 4. The average molecular weight is 521 g/mol. The molecule has 2 fully saturated rings. The maximum atomic E-state index is 11.4. The Balaban J connectivity index is 0.000000148. The predicted octanol–water partition coefficient (Wildman–Crippen LogP) is 2.58. The van der Waals surface area contributed by atoms with Crippen LogP contribution in [-0.4, -0.2) is 52.3 Å². The van der Waals surface area contributed by atoms with Crippen molar-refractivity contribution in [3.05, 3.63) is 57.3 Å². The number of amides is 4. The number of nitrogens with one attached hydrogen (secondary N) is 2. The SMILES string of the molecule is Cn1nc2ccc(C=C3SC(=O)NC3=O)cc2n1.Cn1nnc2ccc(C=C3SC(=O)NC3=O)cc21. The zero-order valence-electron chi connectivity index (χ0n) is 18.8. The Morgan fingerprint density at radius 1 is 0.750 bits per heavy atom. The molecule has 6 rings (SSSR count). The Morgan fingerprint density at radius 3 is 1.89 bits per heavy atom. The average Bonchev–Trinajstić information content (AvgIpc) is 3.55. The van der Waals surface area contributed by atoms with Crippen molar-refractivity contribution < 1.29 is 19.2 Å². The molecule has 36 heavy (non-hydrogen) atoms. The first-order valence-corrected chi connectivity index (χ1v) is 12.0. The molecular weight excluding hydrogens is 504 g/mol. The molecule has 4 heterocycles. The molecule has 0 aliphatic carbocycles. The van der Waals surface area contributed by atoms with Crippen LogP contribution in [0.5, 0.6) is 0 Å². The standard InChI is InChI=1S/2C11H8N4O2S/c1-15-8-4-6(2-3-7(8)13-14-15)5-9-10(16)12-11(17)18-9;1-15-13-7-3-2-6(4-8(7)14-15)5-9-10(16)12-11(17)18-9/h2*2-5H,1H3,(H,12,16,17). The third-order valence-corrected chi connectivity index (χ3v) is 6.64. The second-order valence-electron chi connectivity index (χ2n) is 7.60. The van der Waals surface area contributed by atoms with Crippen molar-refractivity contribution in [1.29, 1.82) is 0 Å². The maximum absolute atomic E-state index is 11.4. The number of aryl methyl sites for hydroxylation is 2. The van der Waals surface area contributed by atoms with E-state index in [1.165, 1.54) is 4.80 Å². The summed E-state index contributed by atoms with van der Waals surface area (Å²) in [5.41, 5.74) is 4.86. The van der Waals surface area contributed by atoms with Gasteiger partial charge in [-0.25, -0.2) is 4.68 Å². The normalized spacial score (nSPS) is 17.7. The van der Waals surface area contributed by atoms with E-state index in [-0.39, 0.29) is 22.3 Å². The van der Waals surface area contributed by atoms with Crippen LogP contribution in [0.25, 0.3) is 34.2 Å². The van der Waals surface area contributed by atoms with Crippen LogP contribution < -0.4 is 10.6 Å². The Bertz CT molecular complexity index is 1650. The Morgan fingerprint density at radius 2 is 1.31 bits per heavy atom. The molecule has 2 aromatic carbocycles. The second kappa shape index (κ2) is 9.39. The highest BCUT2D eigenvalue weighted by Gasteiger charge is 2.25. The molecule has 2 aliphatic rings. The van der Waals surface area contributed by atoms with E-state index in [4.69, 9.17) is 0 Å². The lowest BCUT2D eigenvalue weighted by molar-refractivity contribution is -0.116. The molecule has 0 spiro atoms. The molecule has 0 bridgehead atoms. The van der Waals surface area contributed by atoms with Crippen LogP contribution in [0, 0.1) is 0 Å². The van der Waals surface area contributed by atoms with Crippen LogP contribution in [0.1, 0.15) is 11.1 Å². The minimum absolute atomic E-state index is 0.338. The molecule has 14 heteroatoms. The number of benzene rings is 2. The molecule has 0 unspecified atom stereocenters. The third kappa shape index (κ3) is 4.89. The first-order valence-electron chi connectivity index (χ1n) is 10.4. The molecule has 2 saturated heterocycles. The number of thioether (sulfide) groups is 2. The van der Waals surface area contributed by atoms with Crippen LogP contribution in [0.2, 0.25) is 0 Å². The smallest absolute Gasteiger partial charge is 0.282 e. The van der Waals surface area contributed by atoms with Crippen LogP contribution in [0.4, 0.5) is 9.59 Å². The molecular formula is C22H16N8O4S2. The quantitative estimate of drug-likeness (QED) is 0.377. The van der Waals surface area contributed by atoms with Crippen LogP contribution in [0.15, 0.2) is 46.2 Å². The number of carbonyl (C=O) groups is 4. The molecule has 180 valence electrons. The van der Waals surface area contributed by atoms with Gasteiger partial charge < -0.3 is 0 Å². The zero-order valence-corrected chi connectivity index (χ0v) is 20.4. The number of fused-ring (bicyclic) bond motifs is 2. The van der Waals surface area contributed by atoms with Crippen LogP contribution in [0.3, 0.4) is 0 Å². The van der Waals surface area contributed by atoms with Crippen molar-refractivity contribution in [2.24, 2.45) is 14.1 Å². The molecule has 4 aromatic rings. The van der Waals surface area contributed by atoms with Crippen molar-refractivity contribution in [3.63, 3.8) is 0 Å². The lowest BCUT2D eigenvalue weighted by Gasteiger charge is -1.96. The van der Waals surface area contributed by atoms with E-state index < -0.39 is 0 Å². The van der Waals surface area contributed by atoms with Crippen molar-refractivity contribution in [2.45, 2.75) is 0 Å². The van der Waals surface area contributed by atoms with Gasteiger partial charge in [0.2, 0.25) is 0 Å². The highest BCUT2D eigenvalue weighted by molar-refractivity contribution is 8.18. The summed E-state index contributed by atoms with van der Waals surface area (Å²) in [7, 11) is 3.55. The number of imide groups is 2. The van der Waals surface area contributed by atoms with Gasteiger partial charge in [0.25, 0.3) is 22.3 Å². The van der Waals surface area contributed by atoms with Crippen molar-refractivity contribution in [1.82, 2.24) is 40.6 Å². The first kappa shape index (κ1) is 23.4. The van der Waals surface area contributed by atoms with Gasteiger partial charge in [0, 0.05) is 14.1 Å². The van der Waals surface area contributed by atoms with Crippen LogP contribution in [-0.2, 0) is 23.7 Å². The largest absolute Gasteiger partial charge is 0.290 e. The molecule has 2 aromatic heterocycles. The summed E-state index contributed by atoms with van der Waals surface area (Å²) in [5.74, 6) is -0.711. The lowest BCUT2D eigenvalue weighted by Crippen LogP contribution is -2.17. The second-order valence-corrected chi connectivity index (χ2v) is 9.63. The summed E-state index contributed by atoms with van der Waals surface area (Å²) in [6, 6.07) is 11.0. The monoisotopic (exact) mass is 520 g/mol. The van der Waals surface area contributed by atoms with Gasteiger partial charge in [-0.15, -0.1) is 5.10 Å². The first-order chi connectivity index (χ1) is 17.2. The predicted molar refractivity (Wildman–Crippen MR) is 135 cm³/mol. The van der Waals surface area contributed by atoms with Gasteiger partial charge in [-0.3, -0.25) is 29.8 Å². The van der Waals surface area contributed by atoms with Gasteiger partial charge in [-0.1, -0.05) is 17.3 Å². The summed E-state index contributed by atoms with van der Waals surface area (Å²) < 4.78 is 1.66. The van der Waals surface area contributed by atoms with E-state index in [9.17, 15) is 19.2 Å². The topological polar surface area (TPSA) is 154 Å². The highest BCUT2D eigenvalue weighted by atomic mass is 32.2. The number of aromatic nitrogens is 6. The van der Waals surface area contributed by atoms with Crippen molar-refractivity contribution >= 4 is 80.0 Å². The molecule has 0 atom stereocenters. The zero-order chi connectivity index (χ0) is 25.4. The summed E-state index contributed by atoms with van der Waals surface area (Å²) in [6.07, 6.45) is 3.34. The molecule has 2 aliphatic heterocycles. The summed E-state index contributed by atoms with van der Waals surface area (Å²) in [6.45, 7) is 0. The van der Waals surface area contributed by atoms with Gasteiger partial charge >= 0.3 is 0 Å². The van der Waals surface area contributed by atoms with E-state index in [1.807, 2.05) is 36.4 Å². The minimum Gasteiger partial charge on any atom is -0.282 e. The molecule has 0 radical (unpaired) electrons. The van der Waals surface area contributed by atoms with Gasteiger partial charge in [-0.2, -0.15) is 15.0 Å². The fraction of sp³-hybridized carbons (Fsp3) is 0.0909. The van der Waals surface area contributed by atoms with E-state index >= 15 is 0 Å². The van der Waals surface area contributed by atoms with Gasteiger partial charge in [0.05, 0.1) is 15.3 Å². The summed E-state index contributed by atoms with van der Waals surface area (Å²) >= 11 is 1.80. The van der Waals surface area contributed by atoms with E-state index in [0.29, 0.717) is 9.81 Å². The number of rotatable bonds is 2. The Kier molecular flexibility index (Phi) is 6.12. The summed E-state index contributed by atoms with van der Waals surface area (Å²) in [4.78, 5) is 47.2. The van der Waals surface area contributed by atoms with E-state index in [0.717, 1.165) is 56.7 Å². The van der Waals surface area contributed by atoms with Crippen molar-refractivity contribution in [3.8, 4) is 0 Å². The van der Waals surface area contributed by atoms with Gasteiger partial charge in [-0.05, 0) is 71.1 Å². The van der Waals surface area contributed by atoms with Gasteiger partial charge in [0.15, 0.2) is 0 Å². The Hall–Kier alpha value is -4.30. The fourth-order valence-corrected chi connectivity index (χ4v) is 4.78. The molecule has 12 nitrogen and oxygen atoms in total. The number of nitrogens with zero attached hydrogens (tertiary/aromatic N) is 6.